The van der Waals surface area contributed by atoms with Crippen molar-refractivity contribution >= 4 is 11.4 Å². The number of nitrogens with two attached hydrogens (primary N) is 1. The molecule has 2 N–H and O–H groups in total. The van der Waals surface area contributed by atoms with E-state index in [1.807, 2.05) is 12.1 Å². The zero-order valence-electron chi connectivity index (χ0n) is 16.2. The second-order valence-electron chi connectivity index (χ2n) is 7.69. The second-order valence-corrected chi connectivity index (χ2v) is 7.69. The van der Waals surface area contributed by atoms with Gasteiger partial charge >= 0.3 is 0 Å². The van der Waals surface area contributed by atoms with Crippen LogP contribution in [-0.4, -0.2) is 44.2 Å². The van der Waals surface area contributed by atoms with Gasteiger partial charge in [-0.2, -0.15) is 0 Å². The third kappa shape index (κ3) is 4.38. The van der Waals surface area contributed by atoms with E-state index < -0.39 is 0 Å². The van der Waals surface area contributed by atoms with Gasteiger partial charge in [0.1, 0.15) is 5.75 Å². The first-order valence-electron chi connectivity index (χ1n) is 10.4. The van der Waals surface area contributed by atoms with Crippen molar-refractivity contribution in [3.05, 3.63) is 53.6 Å². The average molecular weight is 366 g/mol. The summed E-state index contributed by atoms with van der Waals surface area (Å²) in [5, 5.41) is 0. The Morgan fingerprint density at radius 1 is 0.889 bits per heavy atom. The van der Waals surface area contributed by atoms with E-state index in [4.69, 9.17) is 10.5 Å². The number of rotatable bonds is 6. The lowest BCUT2D eigenvalue weighted by atomic mass is 9.91. The molecule has 1 aliphatic heterocycles. The standard InChI is InChI=1S/C23H31N3O/c24-21-10-3-4-11-22(21)26-16-14-25(15-17-26)13-6-18-27-23-12-5-8-19-7-1-2-9-20(19)23/h3-5,8,10-12H,1-2,6-7,9,13-18,24H2. The molecular weight excluding hydrogens is 334 g/mol. The summed E-state index contributed by atoms with van der Waals surface area (Å²) in [6, 6.07) is 14.7. The molecular formula is C23H31N3O. The number of hydrogen-bond acceptors (Lipinski definition) is 4. The van der Waals surface area contributed by atoms with Gasteiger partial charge in [-0.1, -0.05) is 24.3 Å². The highest BCUT2D eigenvalue weighted by Crippen LogP contribution is 2.29. The van der Waals surface area contributed by atoms with Crippen molar-refractivity contribution in [1.29, 1.82) is 0 Å². The molecule has 0 saturated carbocycles. The summed E-state index contributed by atoms with van der Waals surface area (Å²) < 4.78 is 6.15. The van der Waals surface area contributed by atoms with Crippen LogP contribution < -0.4 is 15.4 Å². The molecule has 0 atom stereocenters. The van der Waals surface area contributed by atoms with Crippen LogP contribution in [0.5, 0.6) is 5.75 Å². The largest absolute Gasteiger partial charge is 0.493 e. The summed E-state index contributed by atoms with van der Waals surface area (Å²) in [7, 11) is 0. The number of anilines is 2. The summed E-state index contributed by atoms with van der Waals surface area (Å²) in [5.41, 5.74) is 11.1. The summed E-state index contributed by atoms with van der Waals surface area (Å²) in [6.45, 7) is 6.18. The molecule has 1 aliphatic carbocycles. The van der Waals surface area contributed by atoms with E-state index in [1.54, 1.807) is 0 Å². The van der Waals surface area contributed by atoms with E-state index in [2.05, 4.69) is 40.1 Å². The number of ether oxygens (including phenoxy) is 1. The molecule has 144 valence electrons. The predicted octanol–water partition coefficient (Wildman–Crippen LogP) is 3.74. The fourth-order valence-corrected chi connectivity index (χ4v) is 4.34. The van der Waals surface area contributed by atoms with Gasteiger partial charge in [0, 0.05) is 32.7 Å². The monoisotopic (exact) mass is 365 g/mol. The molecule has 2 aliphatic rings. The molecule has 1 saturated heterocycles. The Bertz CT molecular complexity index is 753. The quantitative estimate of drug-likeness (QED) is 0.625. The molecule has 27 heavy (non-hydrogen) atoms. The van der Waals surface area contributed by atoms with Crippen LogP contribution in [0.3, 0.4) is 0 Å². The Hall–Kier alpha value is -2.20. The van der Waals surface area contributed by atoms with Crippen LogP contribution in [0.25, 0.3) is 0 Å². The molecule has 0 unspecified atom stereocenters. The van der Waals surface area contributed by atoms with Crippen molar-refractivity contribution in [3.63, 3.8) is 0 Å². The highest BCUT2D eigenvalue weighted by molar-refractivity contribution is 5.67. The molecule has 0 aromatic heterocycles. The van der Waals surface area contributed by atoms with Gasteiger partial charge in [-0.05, 0) is 61.4 Å². The van der Waals surface area contributed by atoms with E-state index in [-0.39, 0.29) is 0 Å². The van der Waals surface area contributed by atoms with Crippen molar-refractivity contribution in [1.82, 2.24) is 4.90 Å². The van der Waals surface area contributed by atoms with Gasteiger partial charge < -0.3 is 15.4 Å². The Kier molecular flexibility index (Phi) is 5.83. The summed E-state index contributed by atoms with van der Waals surface area (Å²) in [6.07, 6.45) is 6.08. The number of fused-ring (bicyclic) bond motifs is 1. The number of piperazine rings is 1. The molecule has 4 heteroatoms. The highest BCUT2D eigenvalue weighted by Gasteiger charge is 2.18. The van der Waals surface area contributed by atoms with Crippen LogP contribution in [0.4, 0.5) is 11.4 Å². The molecule has 4 rings (SSSR count). The highest BCUT2D eigenvalue weighted by atomic mass is 16.5. The topological polar surface area (TPSA) is 41.7 Å². The van der Waals surface area contributed by atoms with Crippen molar-refractivity contribution in [3.8, 4) is 5.75 Å². The van der Waals surface area contributed by atoms with Crippen LogP contribution in [-0.2, 0) is 12.8 Å². The van der Waals surface area contributed by atoms with Gasteiger partial charge in [0.2, 0.25) is 0 Å². The lowest BCUT2D eigenvalue weighted by Gasteiger charge is -2.36. The molecule has 2 aromatic rings. The third-order valence-corrected chi connectivity index (χ3v) is 5.88. The summed E-state index contributed by atoms with van der Waals surface area (Å²) in [5.74, 6) is 1.12. The number of hydrogen-bond donors (Lipinski definition) is 1. The zero-order chi connectivity index (χ0) is 18.5. The smallest absolute Gasteiger partial charge is 0.122 e. The molecule has 0 amide bonds. The maximum absolute atomic E-state index is 6.15. The lowest BCUT2D eigenvalue weighted by molar-refractivity contribution is 0.224. The number of benzene rings is 2. The first kappa shape index (κ1) is 18.2. The normalized spacial score (nSPS) is 17.6. The second kappa shape index (κ2) is 8.66. The molecule has 0 spiro atoms. The fraction of sp³-hybridized carbons (Fsp3) is 0.478. The maximum atomic E-state index is 6.15. The van der Waals surface area contributed by atoms with Gasteiger partial charge in [-0.25, -0.2) is 0 Å². The lowest BCUT2D eigenvalue weighted by Crippen LogP contribution is -2.47. The van der Waals surface area contributed by atoms with E-state index >= 15 is 0 Å². The van der Waals surface area contributed by atoms with Crippen molar-refractivity contribution < 1.29 is 4.74 Å². The van der Waals surface area contributed by atoms with Crippen LogP contribution >= 0.6 is 0 Å². The third-order valence-electron chi connectivity index (χ3n) is 5.88. The number of para-hydroxylation sites is 2. The molecule has 4 nitrogen and oxygen atoms in total. The van der Waals surface area contributed by atoms with E-state index in [1.165, 1.54) is 42.5 Å². The minimum atomic E-state index is 0.808. The fourth-order valence-electron chi connectivity index (χ4n) is 4.34. The first-order valence-corrected chi connectivity index (χ1v) is 10.4. The molecule has 0 bridgehead atoms. The number of aryl methyl sites for hydroxylation is 1. The summed E-state index contributed by atoms with van der Waals surface area (Å²) in [4.78, 5) is 4.94. The van der Waals surface area contributed by atoms with Gasteiger partial charge in [0.15, 0.2) is 0 Å². The number of nitrogens with zero attached hydrogens (tertiary/aromatic N) is 2. The number of nitrogen functional groups attached to an aromatic ring is 1. The summed E-state index contributed by atoms with van der Waals surface area (Å²) >= 11 is 0. The van der Waals surface area contributed by atoms with Crippen molar-refractivity contribution in [2.75, 3.05) is 50.0 Å². The predicted molar refractivity (Wildman–Crippen MR) is 113 cm³/mol. The molecule has 1 fully saturated rings. The van der Waals surface area contributed by atoms with Gasteiger partial charge in [0.25, 0.3) is 0 Å². The van der Waals surface area contributed by atoms with Gasteiger partial charge in [0.05, 0.1) is 18.0 Å². The van der Waals surface area contributed by atoms with Crippen LogP contribution in [0.1, 0.15) is 30.4 Å². The SMILES string of the molecule is Nc1ccccc1N1CCN(CCCOc2cccc3c2CCCC3)CC1. The van der Waals surface area contributed by atoms with Crippen LogP contribution in [0, 0.1) is 0 Å². The van der Waals surface area contributed by atoms with E-state index in [0.717, 1.165) is 57.2 Å². The Balaban J connectivity index is 1.21. The zero-order valence-corrected chi connectivity index (χ0v) is 16.2. The van der Waals surface area contributed by atoms with Crippen LogP contribution in [0.2, 0.25) is 0 Å². The van der Waals surface area contributed by atoms with Crippen molar-refractivity contribution in [2.45, 2.75) is 32.1 Å². The molecule has 1 heterocycles. The van der Waals surface area contributed by atoms with E-state index in [0.29, 0.717) is 0 Å². The Labute approximate surface area is 162 Å². The van der Waals surface area contributed by atoms with Crippen molar-refractivity contribution in [2.24, 2.45) is 0 Å². The first-order chi connectivity index (χ1) is 13.3. The Morgan fingerprint density at radius 3 is 2.56 bits per heavy atom. The minimum Gasteiger partial charge on any atom is -0.493 e. The van der Waals surface area contributed by atoms with Crippen LogP contribution in [0.15, 0.2) is 42.5 Å². The average Bonchev–Trinajstić information content (AvgIpc) is 2.72. The maximum Gasteiger partial charge on any atom is 0.122 e. The molecule has 0 radical (unpaired) electrons. The minimum absolute atomic E-state index is 0.808. The van der Waals surface area contributed by atoms with E-state index in [9.17, 15) is 0 Å². The molecule has 2 aromatic carbocycles. The van der Waals surface area contributed by atoms with Gasteiger partial charge in [-0.15, -0.1) is 0 Å². The van der Waals surface area contributed by atoms with Gasteiger partial charge in [-0.3, -0.25) is 4.90 Å². The Morgan fingerprint density at radius 2 is 1.70 bits per heavy atom.